The maximum Gasteiger partial charge on any atom is 0.674 e. The summed E-state index contributed by atoms with van der Waals surface area (Å²) >= 11 is 5.94. The number of hydrogen-bond donors (Lipinski definition) is 3. The van der Waals surface area contributed by atoms with E-state index in [4.69, 9.17) is 27.2 Å². The van der Waals surface area contributed by atoms with Crippen molar-refractivity contribution in [1.82, 2.24) is 14.8 Å². The summed E-state index contributed by atoms with van der Waals surface area (Å²) in [7, 11) is -2.67. The number of aromatic nitrogens is 3. The Bertz CT molecular complexity index is 1220. The highest BCUT2D eigenvalue weighted by atomic mass is 35.5. The van der Waals surface area contributed by atoms with Gasteiger partial charge in [0.15, 0.2) is 0 Å². The molecule has 0 saturated heterocycles. The van der Waals surface area contributed by atoms with Crippen molar-refractivity contribution < 1.29 is 19.2 Å². The van der Waals surface area contributed by atoms with E-state index in [1.807, 2.05) is 19.1 Å². The summed E-state index contributed by atoms with van der Waals surface area (Å²) in [6, 6.07) is 7.04. The molecule has 11 heteroatoms. The molecule has 1 aliphatic carbocycles. The Balaban J connectivity index is 0.000000589. The van der Waals surface area contributed by atoms with Gasteiger partial charge in [-0.25, -0.2) is 4.68 Å². The minimum Gasteiger partial charge on any atom is -0.398 e. The van der Waals surface area contributed by atoms with Gasteiger partial charge in [-0.05, 0) is 31.2 Å². The highest BCUT2D eigenvalue weighted by molar-refractivity contribution is 6.31. The number of aryl methyl sites for hydroxylation is 1. The average molecular weight is 428 g/mol. The van der Waals surface area contributed by atoms with Gasteiger partial charge in [0.1, 0.15) is 0 Å². The van der Waals surface area contributed by atoms with Gasteiger partial charge in [0, 0.05) is 40.5 Å². The fourth-order valence-corrected chi connectivity index (χ4v) is 3.28. The van der Waals surface area contributed by atoms with Crippen molar-refractivity contribution in [2.45, 2.75) is 12.8 Å². The van der Waals surface area contributed by atoms with Gasteiger partial charge in [-0.2, -0.15) is 4.79 Å². The van der Waals surface area contributed by atoms with Crippen LogP contribution in [0.2, 0.25) is 5.02 Å². The SMILES string of the molecule is Cc1ncc2c(=O)n(-c3ccc(Cl)cc3)[nH]c2c1C1C=CC(=[N+]=[N-])C=C1.OB(O)F. The van der Waals surface area contributed by atoms with Gasteiger partial charge >= 0.3 is 13.1 Å². The number of nitrogens with zero attached hydrogens (tertiary/aromatic N) is 4. The highest BCUT2D eigenvalue weighted by Crippen LogP contribution is 2.29. The average Bonchev–Trinajstić information content (AvgIpc) is 3.05. The van der Waals surface area contributed by atoms with Crippen molar-refractivity contribution in [3.63, 3.8) is 0 Å². The maximum atomic E-state index is 12.8. The lowest BCUT2D eigenvalue weighted by Crippen LogP contribution is -2.14. The number of aromatic amines is 1. The minimum atomic E-state index is -2.67. The van der Waals surface area contributed by atoms with E-state index in [-0.39, 0.29) is 11.5 Å². The summed E-state index contributed by atoms with van der Waals surface area (Å²) in [6.07, 6.45) is 8.89. The summed E-state index contributed by atoms with van der Waals surface area (Å²) in [4.78, 5) is 20.4. The second-order valence-electron chi connectivity index (χ2n) is 6.35. The van der Waals surface area contributed by atoms with Crippen LogP contribution in [0.5, 0.6) is 0 Å². The number of hydrogen-bond acceptors (Lipinski definition) is 4. The van der Waals surface area contributed by atoms with Gasteiger partial charge in [-0.1, -0.05) is 23.8 Å². The number of benzene rings is 1. The molecule has 2 aromatic heterocycles. The van der Waals surface area contributed by atoms with Crippen LogP contribution in [0.3, 0.4) is 0 Å². The second kappa shape index (κ2) is 9.02. The van der Waals surface area contributed by atoms with Crippen LogP contribution >= 0.6 is 11.6 Å². The Kier molecular flexibility index (Phi) is 6.44. The van der Waals surface area contributed by atoms with Gasteiger partial charge in [-0.15, -0.1) is 0 Å². The quantitative estimate of drug-likeness (QED) is 0.330. The van der Waals surface area contributed by atoms with Gasteiger partial charge < -0.3 is 15.6 Å². The number of nitrogens with one attached hydrogen (secondary N) is 1. The van der Waals surface area contributed by atoms with Gasteiger partial charge in [0.05, 0.1) is 16.6 Å². The zero-order valence-corrected chi connectivity index (χ0v) is 16.5. The standard InChI is InChI=1S/C19H14ClN5O.BFH2O2/c1-11-17(12-2-6-14(23-21)7-3-12)18-16(10-22-11)19(26)25(24-18)15-8-4-13(20)5-9-15;2-1(3)4/h2-10,12,24H,1H3;3-4H. The summed E-state index contributed by atoms with van der Waals surface area (Å²) in [5.41, 5.74) is 12.4. The molecule has 0 bridgehead atoms. The van der Waals surface area contributed by atoms with Crippen molar-refractivity contribution in [3.05, 3.63) is 86.9 Å². The molecule has 30 heavy (non-hydrogen) atoms. The van der Waals surface area contributed by atoms with Crippen molar-refractivity contribution >= 4 is 35.6 Å². The number of allylic oxidation sites excluding steroid dienone is 4. The Labute approximate surface area is 175 Å². The minimum absolute atomic E-state index is 0.0755. The van der Waals surface area contributed by atoms with E-state index in [0.717, 1.165) is 16.8 Å². The Hall–Kier alpha value is -3.30. The molecule has 3 aromatic rings. The van der Waals surface area contributed by atoms with Crippen molar-refractivity contribution in [3.8, 4) is 5.69 Å². The lowest BCUT2D eigenvalue weighted by atomic mass is 9.92. The molecule has 0 saturated carbocycles. The monoisotopic (exact) mass is 427 g/mol. The number of rotatable bonds is 2. The van der Waals surface area contributed by atoms with E-state index >= 15 is 0 Å². The van der Waals surface area contributed by atoms with Crippen LogP contribution in [-0.2, 0) is 0 Å². The fourth-order valence-electron chi connectivity index (χ4n) is 3.15. The van der Waals surface area contributed by atoms with Gasteiger partial charge in [-0.3, -0.25) is 19.2 Å². The van der Waals surface area contributed by atoms with Crippen LogP contribution in [0.4, 0.5) is 4.32 Å². The third-order valence-electron chi connectivity index (χ3n) is 4.46. The first-order valence-corrected chi connectivity index (χ1v) is 9.14. The van der Waals surface area contributed by atoms with Gasteiger partial charge in [0.25, 0.3) is 5.56 Å². The van der Waals surface area contributed by atoms with Gasteiger partial charge in [0.2, 0.25) is 0 Å². The maximum absolute atomic E-state index is 12.8. The van der Waals surface area contributed by atoms with Crippen LogP contribution in [0, 0.1) is 6.92 Å². The molecule has 0 atom stereocenters. The molecule has 0 fully saturated rings. The second-order valence-corrected chi connectivity index (χ2v) is 6.79. The third kappa shape index (κ3) is 4.47. The van der Waals surface area contributed by atoms with E-state index < -0.39 is 7.40 Å². The van der Waals surface area contributed by atoms with Crippen LogP contribution in [0.1, 0.15) is 17.2 Å². The van der Waals surface area contributed by atoms with Crippen LogP contribution in [0.25, 0.3) is 22.1 Å². The lowest BCUT2D eigenvalue weighted by Gasteiger charge is -2.13. The molecule has 0 unspecified atom stereocenters. The van der Waals surface area contributed by atoms with E-state index in [1.54, 1.807) is 42.6 Å². The van der Waals surface area contributed by atoms with Crippen molar-refractivity contribution in [2.24, 2.45) is 0 Å². The summed E-state index contributed by atoms with van der Waals surface area (Å²) < 4.78 is 11.6. The van der Waals surface area contributed by atoms with E-state index in [2.05, 4.69) is 14.9 Å². The predicted molar refractivity (Wildman–Crippen MR) is 112 cm³/mol. The predicted octanol–water partition coefficient (Wildman–Crippen LogP) is 2.48. The molecule has 2 heterocycles. The van der Waals surface area contributed by atoms with E-state index in [9.17, 15) is 9.11 Å². The molecular formula is C19H16BClFN5O3. The molecule has 1 aliphatic rings. The normalized spacial score (nSPS) is 15.0. The molecule has 0 aliphatic heterocycles. The Morgan fingerprint density at radius 1 is 1.27 bits per heavy atom. The molecule has 0 spiro atoms. The van der Waals surface area contributed by atoms with Crippen LogP contribution in [0.15, 0.2) is 59.6 Å². The first kappa shape index (κ1) is 21.4. The smallest absolute Gasteiger partial charge is 0.398 e. The molecular weight excluding hydrogens is 412 g/mol. The summed E-state index contributed by atoms with van der Waals surface area (Å²) in [5.74, 6) is -0.0755. The van der Waals surface area contributed by atoms with Crippen LogP contribution in [-0.4, -0.2) is 42.7 Å². The number of pyridine rings is 1. The largest absolute Gasteiger partial charge is 0.674 e. The zero-order chi connectivity index (χ0) is 21.8. The fraction of sp³-hybridized carbons (Fsp3) is 0.105. The van der Waals surface area contributed by atoms with Crippen molar-refractivity contribution in [1.29, 1.82) is 0 Å². The summed E-state index contributed by atoms with van der Waals surface area (Å²) in [6.45, 7) is 1.91. The molecule has 4 rings (SSSR count). The highest BCUT2D eigenvalue weighted by Gasteiger charge is 2.21. The third-order valence-corrected chi connectivity index (χ3v) is 4.71. The molecule has 152 valence electrons. The number of fused-ring (bicyclic) bond motifs is 1. The van der Waals surface area contributed by atoms with Crippen LogP contribution < -0.4 is 5.56 Å². The molecule has 0 amide bonds. The summed E-state index contributed by atoms with van der Waals surface area (Å²) in [5, 5.41) is 18.2. The first-order chi connectivity index (χ1) is 14.3. The molecule has 0 radical (unpaired) electrons. The molecule has 8 nitrogen and oxygen atoms in total. The van der Waals surface area contributed by atoms with E-state index in [1.165, 1.54) is 4.68 Å². The molecule has 1 aromatic carbocycles. The number of H-pyrrole nitrogens is 1. The molecule has 3 N–H and O–H groups in total. The Morgan fingerprint density at radius 2 is 1.87 bits per heavy atom. The Morgan fingerprint density at radius 3 is 2.43 bits per heavy atom. The van der Waals surface area contributed by atoms with E-state index in [0.29, 0.717) is 21.8 Å². The first-order valence-electron chi connectivity index (χ1n) is 8.76. The lowest BCUT2D eigenvalue weighted by molar-refractivity contribution is -0.00164. The van der Waals surface area contributed by atoms with Crippen molar-refractivity contribution in [2.75, 3.05) is 0 Å². The number of halogens is 2. The topological polar surface area (TPSA) is 128 Å². The zero-order valence-electron chi connectivity index (χ0n) is 15.7.